The maximum Gasteiger partial charge on any atom is 0.410 e. The van der Waals surface area contributed by atoms with E-state index in [2.05, 4.69) is 86.4 Å². The Morgan fingerprint density at radius 3 is 1.56 bits per heavy atom. The molecule has 0 saturated heterocycles. The molecule has 8 rings (SSSR count). The average molecular weight is 979 g/mol. The fraction of sp³-hybridized carbons (Fsp3) is 0.667. The van der Waals surface area contributed by atoms with Gasteiger partial charge in [-0.15, -0.1) is 0 Å². The molecule has 71 heavy (non-hydrogen) atoms. The molecule has 0 spiro atoms. The summed E-state index contributed by atoms with van der Waals surface area (Å²) in [5, 5.41) is 12.6. The number of hydrogen-bond donors (Lipinski definition) is 2. The summed E-state index contributed by atoms with van der Waals surface area (Å²) >= 11 is 0. The lowest BCUT2D eigenvalue weighted by Crippen LogP contribution is -2.48. The normalized spacial score (nSPS) is 23.8. The van der Waals surface area contributed by atoms with Gasteiger partial charge < -0.3 is 34.6 Å². The van der Waals surface area contributed by atoms with Crippen molar-refractivity contribution >= 4 is 35.2 Å². The number of nitrogens with zero attached hydrogens (tertiary/aromatic N) is 3. The first-order chi connectivity index (χ1) is 33.5. The van der Waals surface area contributed by atoms with E-state index >= 15 is 0 Å². The number of hydrogen-bond acceptors (Lipinski definition) is 7. The SMILES string of the molecule is CC(C)CC1C2=C(CCN1C(=O)C1CCC(CN(C)C(=O)OC(C)(C)C)CC1)c1ccccc1C2.CC(C)CC1NCCC2=C1Cc1ccccc12.CN(CC1CCC(C(=O)O)CC1)C(=O)OC(C)(C)C. The first-order valence-corrected chi connectivity index (χ1v) is 27.2. The average Bonchev–Trinajstić information content (AvgIpc) is 3.88. The topological polar surface area (TPSA) is 129 Å². The largest absolute Gasteiger partial charge is 0.481 e. The zero-order chi connectivity index (χ0) is 51.8. The van der Waals surface area contributed by atoms with Gasteiger partial charge >= 0.3 is 18.2 Å². The Balaban J connectivity index is 0.000000192. The van der Waals surface area contributed by atoms with E-state index in [9.17, 15) is 19.2 Å². The van der Waals surface area contributed by atoms with Crippen LogP contribution in [0.1, 0.15) is 169 Å². The van der Waals surface area contributed by atoms with Crippen LogP contribution in [0.4, 0.5) is 9.59 Å². The van der Waals surface area contributed by atoms with Gasteiger partial charge in [0, 0.05) is 45.7 Å². The van der Waals surface area contributed by atoms with Crippen LogP contribution in [0.5, 0.6) is 0 Å². The highest BCUT2D eigenvalue weighted by Crippen LogP contribution is 2.44. The molecule has 3 amide bonds. The van der Waals surface area contributed by atoms with Gasteiger partial charge in [-0.1, -0.05) is 76.2 Å². The van der Waals surface area contributed by atoms with Crippen molar-refractivity contribution in [3.8, 4) is 0 Å². The summed E-state index contributed by atoms with van der Waals surface area (Å²) in [5.41, 5.74) is 11.3. The second kappa shape index (κ2) is 24.4. The van der Waals surface area contributed by atoms with Crippen LogP contribution < -0.4 is 5.32 Å². The van der Waals surface area contributed by atoms with E-state index < -0.39 is 17.2 Å². The van der Waals surface area contributed by atoms with Crippen molar-refractivity contribution in [1.82, 2.24) is 20.0 Å². The molecule has 0 aromatic heterocycles. The van der Waals surface area contributed by atoms with Gasteiger partial charge in [0.25, 0.3) is 0 Å². The predicted molar refractivity (Wildman–Crippen MR) is 286 cm³/mol. The van der Waals surface area contributed by atoms with Gasteiger partial charge in [0.15, 0.2) is 0 Å². The number of carbonyl (C=O) groups is 4. The summed E-state index contributed by atoms with van der Waals surface area (Å²) in [7, 11) is 3.55. The van der Waals surface area contributed by atoms with Gasteiger partial charge in [-0.2, -0.15) is 0 Å². The zero-order valence-corrected chi connectivity index (χ0v) is 45.7. The molecule has 2 N–H and O–H groups in total. The second-order valence-corrected chi connectivity index (χ2v) is 24.5. The summed E-state index contributed by atoms with van der Waals surface area (Å²) < 4.78 is 10.8. The molecule has 4 aliphatic carbocycles. The summed E-state index contributed by atoms with van der Waals surface area (Å²) in [4.78, 5) is 54.4. The van der Waals surface area contributed by atoms with E-state index in [4.69, 9.17) is 14.6 Å². The zero-order valence-electron chi connectivity index (χ0n) is 45.7. The number of carboxylic acid groups (broad SMARTS) is 1. The third-order valence-corrected chi connectivity index (χ3v) is 15.3. The Morgan fingerprint density at radius 1 is 0.648 bits per heavy atom. The van der Waals surface area contributed by atoms with E-state index in [-0.39, 0.29) is 30.1 Å². The lowest BCUT2D eigenvalue weighted by atomic mass is 9.80. The van der Waals surface area contributed by atoms with E-state index in [1.165, 1.54) is 52.7 Å². The Bertz CT molecular complexity index is 2220. The molecule has 2 aromatic carbocycles. The summed E-state index contributed by atoms with van der Waals surface area (Å²) in [6.45, 7) is 23.7. The molecule has 6 aliphatic rings. The lowest BCUT2D eigenvalue weighted by Gasteiger charge is -2.41. The summed E-state index contributed by atoms with van der Waals surface area (Å²) in [5.74, 6) is 1.70. The van der Waals surface area contributed by atoms with Gasteiger partial charge in [-0.05, 0) is 206 Å². The monoisotopic (exact) mass is 979 g/mol. The van der Waals surface area contributed by atoms with E-state index in [0.29, 0.717) is 55.6 Å². The van der Waals surface area contributed by atoms with E-state index in [1.807, 2.05) is 48.6 Å². The minimum Gasteiger partial charge on any atom is -0.481 e. The van der Waals surface area contributed by atoms with E-state index in [1.54, 1.807) is 28.0 Å². The smallest absolute Gasteiger partial charge is 0.410 e. The van der Waals surface area contributed by atoms with Crippen LogP contribution in [-0.4, -0.2) is 107 Å². The van der Waals surface area contributed by atoms with Crippen molar-refractivity contribution in [1.29, 1.82) is 0 Å². The number of carboxylic acids is 1. The Hall–Kier alpha value is -4.64. The number of benzene rings is 2. The van der Waals surface area contributed by atoms with Gasteiger partial charge in [0.1, 0.15) is 11.2 Å². The molecule has 11 nitrogen and oxygen atoms in total. The third-order valence-electron chi connectivity index (χ3n) is 15.3. The van der Waals surface area contributed by atoms with Crippen molar-refractivity contribution in [2.75, 3.05) is 40.3 Å². The molecular formula is C60H90N4O7. The van der Waals surface area contributed by atoms with E-state index in [0.717, 1.165) is 76.8 Å². The van der Waals surface area contributed by atoms with Crippen molar-refractivity contribution < 1.29 is 33.8 Å². The number of fused-ring (bicyclic) bond motifs is 4. The second-order valence-electron chi connectivity index (χ2n) is 24.5. The quantitative estimate of drug-likeness (QED) is 0.241. The molecule has 2 aromatic rings. The Morgan fingerprint density at radius 2 is 1.10 bits per heavy atom. The Labute approximate surface area is 427 Å². The van der Waals surface area contributed by atoms with Crippen LogP contribution in [0, 0.1) is 35.5 Å². The maximum absolute atomic E-state index is 13.8. The number of ether oxygens (including phenoxy) is 2. The van der Waals surface area contributed by atoms with Crippen molar-refractivity contribution in [2.45, 2.75) is 182 Å². The number of aliphatic carboxylic acids is 1. The Kier molecular flexibility index (Phi) is 19.1. The number of rotatable bonds is 10. The first-order valence-electron chi connectivity index (χ1n) is 27.2. The highest BCUT2D eigenvalue weighted by atomic mass is 16.6. The summed E-state index contributed by atoms with van der Waals surface area (Å²) in [6, 6.07) is 18.6. The molecule has 2 fully saturated rings. The van der Waals surface area contributed by atoms with Gasteiger partial charge in [-0.25, -0.2) is 9.59 Å². The highest BCUT2D eigenvalue weighted by molar-refractivity contribution is 5.84. The molecule has 2 heterocycles. The number of amides is 3. The van der Waals surface area contributed by atoms with Crippen molar-refractivity contribution in [2.24, 2.45) is 35.5 Å². The summed E-state index contributed by atoms with van der Waals surface area (Å²) in [6.07, 6.45) is 13.1. The predicted octanol–water partition coefficient (Wildman–Crippen LogP) is 12.5. The molecule has 0 bridgehead atoms. The van der Waals surface area contributed by atoms with Crippen LogP contribution in [-0.2, 0) is 31.9 Å². The minimum absolute atomic E-state index is 0.110. The maximum atomic E-state index is 13.8. The molecule has 2 saturated carbocycles. The molecular weight excluding hydrogens is 889 g/mol. The van der Waals surface area contributed by atoms with Crippen LogP contribution in [0.3, 0.4) is 0 Å². The van der Waals surface area contributed by atoms with Gasteiger partial charge in [-0.3, -0.25) is 9.59 Å². The fourth-order valence-electron chi connectivity index (χ4n) is 11.9. The van der Waals surface area contributed by atoms with Crippen LogP contribution in [0.15, 0.2) is 59.7 Å². The standard InChI is InChI=1S/C30H44N2O3.C16H21N.C14H25NO4/c1-20(2)17-27-26-18-23-9-7-8-10-24(23)25(26)15-16-32(27)28(33)22-13-11-21(12-14-22)19-31(6)29(34)35-30(3,4)5;1-11(2)9-16-15-10-12-5-3-4-6-13(12)14(15)7-8-17-16;1-14(2,3)19-13(18)15(4)9-10-5-7-11(8-6-10)12(16)17/h7-10,20-22,27H,11-19H2,1-6H3;3-6,11,16-17H,7-10H2,1-2H3;10-11H,5-9H2,1-4H3,(H,16,17). The fourth-order valence-corrected chi connectivity index (χ4v) is 11.9. The van der Waals surface area contributed by atoms with Crippen molar-refractivity contribution in [3.05, 3.63) is 81.9 Å². The first kappa shape index (κ1) is 55.7. The molecule has 0 radical (unpaired) electrons. The van der Waals surface area contributed by atoms with Crippen LogP contribution >= 0.6 is 0 Å². The van der Waals surface area contributed by atoms with Gasteiger partial charge in [0.05, 0.1) is 12.0 Å². The molecule has 392 valence electrons. The highest BCUT2D eigenvalue weighted by Gasteiger charge is 2.40. The van der Waals surface area contributed by atoms with Crippen LogP contribution in [0.25, 0.3) is 11.1 Å². The lowest BCUT2D eigenvalue weighted by molar-refractivity contribution is -0.143. The van der Waals surface area contributed by atoms with Crippen molar-refractivity contribution in [3.63, 3.8) is 0 Å². The van der Waals surface area contributed by atoms with Crippen LogP contribution in [0.2, 0.25) is 0 Å². The third kappa shape index (κ3) is 15.4. The number of carbonyl (C=O) groups excluding carboxylic acids is 3. The molecule has 2 aliphatic heterocycles. The molecule has 2 unspecified atom stereocenters. The molecule has 11 heteroatoms. The van der Waals surface area contributed by atoms with Gasteiger partial charge in [0.2, 0.25) is 5.91 Å². The minimum atomic E-state index is -0.695. The molecule has 2 atom stereocenters. The number of nitrogens with one attached hydrogen (secondary N) is 1.